The van der Waals surface area contributed by atoms with E-state index in [4.69, 9.17) is 9.47 Å². The molecule has 1 saturated carbocycles. The van der Waals surface area contributed by atoms with Crippen LogP contribution in [0.5, 0.6) is 5.75 Å². The molecule has 0 aromatic heterocycles. The van der Waals surface area contributed by atoms with Gasteiger partial charge in [-0.05, 0) is 37.5 Å². The van der Waals surface area contributed by atoms with Crippen LogP contribution in [0.1, 0.15) is 38.2 Å². The van der Waals surface area contributed by atoms with Crippen molar-refractivity contribution in [2.75, 3.05) is 18.5 Å². The van der Waals surface area contributed by atoms with Crippen LogP contribution in [-0.2, 0) is 19.7 Å². The highest BCUT2D eigenvalue weighted by Crippen LogP contribution is 2.42. The fourth-order valence-electron chi connectivity index (χ4n) is 3.65. The molecule has 27 heavy (non-hydrogen) atoms. The summed E-state index contributed by atoms with van der Waals surface area (Å²) in [6.45, 7) is 2.07. The minimum atomic E-state index is -0.634. The number of esters is 1. The molecule has 0 aliphatic heterocycles. The summed E-state index contributed by atoms with van der Waals surface area (Å²) in [6.07, 6.45) is 3.48. The number of hydrogen-bond acceptors (Lipinski definition) is 4. The Balaban J connectivity index is 1.64. The first-order valence-electron chi connectivity index (χ1n) is 9.40. The van der Waals surface area contributed by atoms with Gasteiger partial charge in [0.15, 0.2) is 6.61 Å². The Kier molecular flexibility index (Phi) is 6.12. The lowest BCUT2D eigenvalue weighted by Gasteiger charge is -2.27. The topological polar surface area (TPSA) is 64.6 Å². The molecule has 5 nitrogen and oxygen atoms in total. The van der Waals surface area contributed by atoms with Crippen molar-refractivity contribution in [3.63, 3.8) is 0 Å². The van der Waals surface area contributed by atoms with E-state index in [0.717, 1.165) is 31.2 Å². The molecule has 5 heteroatoms. The lowest BCUT2D eigenvalue weighted by atomic mass is 9.79. The first-order chi connectivity index (χ1) is 13.2. The predicted octanol–water partition coefficient (Wildman–Crippen LogP) is 4.08. The molecular formula is C22H25NO4. The van der Waals surface area contributed by atoms with E-state index in [-0.39, 0.29) is 18.5 Å². The van der Waals surface area contributed by atoms with Crippen LogP contribution in [0, 0.1) is 0 Å². The molecule has 0 heterocycles. The third kappa shape index (κ3) is 4.30. The predicted molar refractivity (Wildman–Crippen MR) is 104 cm³/mol. The van der Waals surface area contributed by atoms with Crippen LogP contribution in [0.3, 0.4) is 0 Å². The number of carbonyl (C=O) groups is 2. The van der Waals surface area contributed by atoms with Crippen molar-refractivity contribution >= 4 is 17.6 Å². The van der Waals surface area contributed by atoms with Crippen molar-refractivity contribution in [1.29, 1.82) is 0 Å². The van der Waals surface area contributed by atoms with Gasteiger partial charge in [-0.25, -0.2) is 0 Å². The Labute approximate surface area is 159 Å². The van der Waals surface area contributed by atoms with Crippen LogP contribution in [0.15, 0.2) is 54.6 Å². The van der Waals surface area contributed by atoms with Crippen LogP contribution in [0.25, 0.3) is 0 Å². The number of para-hydroxylation sites is 2. The molecular weight excluding hydrogens is 342 g/mol. The van der Waals surface area contributed by atoms with Gasteiger partial charge in [0.1, 0.15) is 5.75 Å². The van der Waals surface area contributed by atoms with Crippen LogP contribution < -0.4 is 10.1 Å². The number of anilines is 1. The van der Waals surface area contributed by atoms with Gasteiger partial charge >= 0.3 is 5.97 Å². The number of carbonyl (C=O) groups excluding carboxylic acids is 2. The Hall–Kier alpha value is -2.82. The number of amides is 1. The Morgan fingerprint density at radius 3 is 2.37 bits per heavy atom. The van der Waals surface area contributed by atoms with Gasteiger partial charge in [0.2, 0.25) is 0 Å². The second-order valence-corrected chi connectivity index (χ2v) is 6.71. The molecule has 0 bridgehead atoms. The van der Waals surface area contributed by atoms with Gasteiger partial charge < -0.3 is 14.8 Å². The molecule has 2 aromatic rings. The van der Waals surface area contributed by atoms with Crippen molar-refractivity contribution in [3.8, 4) is 5.75 Å². The summed E-state index contributed by atoms with van der Waals surface area (Å²) >= 11 is 0. The molecule has 1 amide bonds. The van der Waals surface area contributed by atoms with E-state index in [9.17, 15) is 9.59 Å². The maximum absolute atomic E-state index is 12.9. The maximum Gasteiger partial charge on any atom is 0.317 e. The number of hydrogen-bond donors (Lipinski definition) is 1. The van der Waals surface area contributed by atoms with Crippen molar-refractivity contribution in [3.05, 3.63) is 60.2 Å². The largest absolute Gasteiger partial charge is 0.492 e. The lowest BCUT2D eigenvalue weighted by molar-refractivity contribution is -0.153. The van der Waals surface area contributed by atoms with Crippen LogP contribution in [0.2, 0.25) is 0 Å². The first-order valence-corrected chi connectivity index (χ1v) is 9.40. The van der Waals surface area contributed by atoms with E-state index >= 15 is 0 Å². The fourth-order valence-corrected chi connectivity index (χ4v) is 3.65. The summed E-state index contributed by atoms with van der Waals surface area (Å²) in [6, 6.07) is 16.9. The zero-order chi connectivity index (χ0) is 19.1. The van der Waals surface area contributed by atoms with Crippen molar-refractivity contribution in [2.45, 2.75) is 38.0 Å². The number of nitrogens with one attached hydrogen (secondary N) is 1. The third-order valence-electron chi connectivity index (χ3n) is 4.97. The van der Waals surface area contributed by atoms with Gasteiger partial charge in [0.05, 0.1) is 17.7 Å². The van der Waals surface area contributed by atoms with Crippen LogP contribution >= 0.6 is 0 Å². The summed E-state index contributed by atoms with van der Waals surface area (Å²) in [5.74, 6) is -0.104. The molecule has 0 radical (unpaired) electrons. The molecule has 0 spiro atoms. The summed E-state index contributed by atoms with van der Waals surface area (Å²) in [7, 11) is 0. The van der Waals surface area contributed by atoms with E-state index in [2.05, 4.69) is 5.32 Å². The van der Waals surface area contributed by atoms with Gasteiger partial charge in [-0.1, -0.05) is 55.3 Å². The summed E-state index contributed by atoms with van der Waals surface area (Å²) in [5, 5.41) is 2.75. The summed E-state index contributed by atoms with van der Waals surface area (Å²) in [5.41, 5.74) is 0.902. The van der Waals surface area contributed by atoms with E-state index in [1.165, 1.54) is 0 Å². The van der Waals surface area contributed by atoms with Crippen molar-refractivity contribution < 1.29 is 19.1 Å². The Bertz CT molecular complexity index is 782. The SMILES string of the molecule is CCOc1ccccc1NC(=O)COC(=O)C1(c2ccccc2)CCCC1. The molecule has 0 unspecified atom stereocenters. The van der Waals surface area contributed by atoms with Crippen LogP contribution in [-0.4, -0.2) is 25.1 Å². The van der Waals surface area contributed by atoms with Gasteiger partial charge in [0, 0.05) is 0 Å². The molecule has 0 saturated heterocycles. The normalized spacial score (nSPS) is 15.1. The minimum absolute atomic E-state index is 0.312. The molecule has 1 fully saturated rings. The van der Waals surface area contributed by atoms with Gasteiger partial charge in [-0.3, -0.25) is 9.59 Å². The zero-order valence-corrected chi connectivity index (χ0v) is 15.6. The standard InChI is InChI=1S/C22H25NO4/c1-2-26-19-13-7-6-12-18(19)23-20(24)16-27-21(25)22(14-8-9-15-22)17-10-4-3-5-11-17/h3-7,10-13H,2,8-9,14-16H2,1H3,(H,23,24). The second kappa shape index (κ2) is 8.71. The number of ether oxygens (including phenoxy) is 2. The summed E-state index contributed by atoms with van der Waals surface area (Å²) < 4.78 is 10.9. The summed E-state index contributed by atoms with van der Waals surface area (Å²) in [4.78, 5) is 25.2. The quantitative estimate of drug-likeness (QED) is 0.749. The van der Waals surface area contributed by atoms with Crippen molar-refractivity contribution in [1.82, 2.24) is 0 Å². The molecule has 142 valence electrons. The first kappa shape index (κ1) is 19.0. The van der Waals surface area contributed by atoms with E-state index in [1.54, 1.807) is 12.1 Å². The van der Waals surface area contributed by atoms with Gasteiger partial charge in [-0.2, -0.15) is 0 Å². The molecule has 1 N–H and O–H groups in total. The maximum atomic E-state index is 12.9. The Morgan fingerprint density at radius 1 is 1.00 bits per heavy atom. The molecule has 0 atom stereocenters. The molecule has 1 aliphatic carbocycles. The molecule has 2 aromatic carbocycles. The van der Waals surface area contributed by atoms with Gasteiger partial charge in [-0.15, -0.1) is 0 Å². The minimum Gasteiger partial charge on any atom is -0.492 e. The number of benzene rings is 2. The monoisotopic (exact) mass is 367 g/mol. The highest BCUT2D eigenvalue weighted by atomic mass is 16.5. The second-order valence-electron chi connectivity index (χ2n) is 6.71. The highest BCUT2D eigenvalue weighted by Gasteiger charge is 2.44. The highest BCUT2D eigenvalue weighted by molar-refractivity contribution is 5.95. The third-order valence-corrected chi connectivity index (χ3v) is 4.97. The van der Waals surface area contributed by atoms with E-state index in [0.29, 0.717) is 18.0 Å². The average molecular weight is 367 g/mol. The van der Waals surface area contributed by atoms with Crippen molar-refractivity contribution in [2.24, 2.45) is 0 Å². The zero-order valence-electron chi connectivity index (χ0n) is 15.6. The van der Waals surface area contributed by atoms with Crippen LogP contribution in [0.4, 0.5) is 5.69 Å². The number of rotatable bonds is 7. The smallest absolute Gasteiger partial charge is 0.317 e. The Morgan fingerprint density at radius 2 is 1.67 bits per heavy atom. The molecule has 1 aliphatic rings. The van der Waals surface area contributed by atoms with Gasteiger partial charge in [0.25, 0.3) is 5.91 Å². The van der Waals surface area contributed by atoms with E-state index in [1.807, 2.05) is 49.4 Å². The average Bonchev–Trinajstić information content (AvgIpc) is 3.20. The lowest BCUT2D eigenvalue weighted by Crippen LogP contribution is -2.36. The fraction of sp³-hybridized carbons (Fsp3) is 0.364. The molecule has 3 rings (SSSR count). The van der Waals surface area contributed by atoms with E-state index < -0.39 is 5.41 Å².